The third-order valence-corrected chi connectivity index (χ3v) is 3.90. The summed E-state index contributed by atoms with van der Waals surface area (Å²) in [5.74, 6) is -1.23. The molecule has 3 rings (SSSR count). The van der Waals surface area contributed by atoms with Crippen LogP contribution in [0, 0.1) is 5.82 Å². The molecule has 2 aromatic rings. The number of amides is 1. The molecule has 8 heteroatoms. The van der Waals surface area contributed by atoms with Crippen LogP contribution in [-0.4, -0.2) is 45.8 Å². The number of β-amino-alcohol motifs (C(OH)–C–C–N with tert-alkyl or cyclic N) is 1. The monoisotopic (exact) mass is 316 g/mol. The molecule has 1 amide bonds. The van der Waals surface area contributed by atoms with Crippen molar-refractivity contribution in [1.29, 1.82) is 0 Å². The number of fused-ring (bicyclic) bond motifs is 1. The zero-order chi connectivity index (χ0) is 16.1. The second-order valence-corrected chi connectivity index (χ2v) is 5.39. The molecule has 4 nitrogen and oxygen atoms in total. The number of aliphatic hydroxyl groups is 1. The maximum atomic E-state index is 13.6. The van der Waals surface area contributed by atoms with Crippen molar-refractivity contribution < 1.29 is 27.5 Å². The van der Waals surface area contributed by atoms with Gasteiger partial charge in [-0.3, -0.25) is 4.79 Å². The number of carbonyl (C=O) groups excluding carboxylic acids is 1. The number of alkyl halides is 3. The zero-order valence-corrected chi connectivity index (χ0v) is 11.2. The summed E-state index contributed by atoms with van der Waals surface area (Å²) in [6.07, 6.45) is -5.37. The van der Waals surface area contributed by atoms with Crippen LogP contribution in [-0.2, 0) is 0 Å². The first-order valence-electron chi connectivity index (χ1n) is 6.57. The Balaban J connectivity index is 1.87. The maximum absolute atomic E-state index is 13.6. The Morgan fingerprint density at radius 1 is 1.36 bits per heavy atom. The molecular formula is C14H12F4N2O2. The van der Waals surface area contributed by atoms with Gasteiger partial charge in [0.2, 0.25) is 0 Å². The molecule has 0 aliphatic carbocycles. The Labute approximate surface area is 122 Å². The van der Waals surface area contributed by atoms with Gasteiger partial charge >= 0.3 is 6.18 Å². The molecule has 1 saturated heterocycles. The van der Waals surface area contributed by atoms with Crippen LogP contribution in [0.25, 0.3) is 10.9 Å². The van der Waals surface area contributed by atoms with Gasteiger partial charge in [0.25, 0.3) is 5.91 Å². The molecule has 2 heterocycles. The van der Waals surface area contributed by atoms with Crippen molar-refractivity contribution in [3.63, 3.8) is 0 Å². The van der Waals surface area contributed by atoms with Crippen molar-refractivity contribution in [1.82, 2.24) is 9.88 Å². The predicted octanol–water partition coefficient (Wildman–Crippen LogP) is 2.45. The Bertz CT molecular complexity index is 740. The van der Waals surface area contributed by atoms with Crippen LogP contribution in [0.4, 0.5) is 17.6 Å². The Hall–Kier alpha value is -2.09. The van der Waals surface area contributed by atoms with Gasteiger partial charge in [-0.15, -0.1) is 0 Å². The number of rotatable bonds is 1. The molecule has 0 saturated carbocycles. The quantitative estimate of drug-likeness (QED) is 0.794. The minimum absolute atomic E-state index is 0.00785. The predicted molar refractivity (Wildman–Crippen MR) is 69.8 cm³/mol. The maximum Gasteiger partial charge on any atom is 0.419 e. The standard InChI is InChI=1S/C14H12F4N2O2/c15-9-2-1-3-10-8(9)6-11(19-10)12(21)20-5-4-13(22,7-20)14(16,17)18/h1-3,6,19,22H,4-5,7H2/t13-/m1/s1. The number of nitrogens with zero attached hydrogens (tertiary/aromatic N) is 1. The van der Waals surface area contributed by atoms with Crippen LogP contribution >= 0.6 is 0 Å². The fourth-order valence-electron chi connectivity index (χ4n) is 2.60. The van der Waals surface area contributed by atoms with Gasteiger partial charge in [0.15, 0.2) is 5.60 Å². The number of nitrogens with one attached hydrogen (secondary N) is 1. The molecule has 0 unspecified atom stereocenters. The number of aromatic nitrogens is 1. The van der Waals surface area contributed by atoms with Gasteiger partial charge in [0.1, 0.15) is 11.5 Å². The lowest BCUT2D eigenvalue weighted by Gasteiger charge is -2.25. The number of benzene rings is 1. The van der Waals surface area contributed by atoms with E-state index >= 15 is 0 Å². The summed E-state index contributed by atoms with van der Waals surface area (Å²) in [7, 11) is 0. The number of carbonyl (C=O) groups is 1. The summed E-state index contributed by atoms with van der Waals surface area (Å²) in [6, 6.07) is 5.51. The van der Waals surface area contributed by atoms with Gasteiger partial charge in [-0.05, 0) is 18.2 Å². The van der Waals surface area contributed by atoms with Gasteiger partial charge in [-0.25, -0.2) is 4.39 Å². The van der Waals surface area contributed by atoms with E-state index in [0.29, 0.717) is 5.52 Å². The highest BCUT2D eigenvalue weighted by Gasteiger charge is 2.57. The summed E-state index contributed by atoms with van der Waals surface area (Å²) < 4.78 is 51.9. The SMILES string of the molecule is O=C(c1cc2c(F)cccc2[nH]1)N1CC[C@](O)(C(F)(F)F)C1. The molecule has 0 bridgehead atoms. The van der Waals surface area contributed by atoms with Crippen LogP contribution in [0.1, 0.15) is 16.9 Å². The van der Waals surface area contributed by atoms with Crippen molar-refractivity contribution in [3.8, 4) is 0 Å². The van der Waals surface area contributed by atoms with E-state index in [1.54, 1.807) is 6.07 Å². The molecular weight excluding hydrogens is 304 g/mol. The molecule has 1 aromatic carbocycles. The Morgan fingerprint density at radius 2 is 2.09 bits per heavy atom. The van der Waals surface area contributed by atoms with Gasteiger partial charge < -0.3 is 15.0 Å². The van der Waals surface area contributed by atoms with Crippen molar-refractivity contribution in [3.05, 3.63) is 35.8 Å². The first-order chi connectivity index (χ1) is 10.2. The average molecular weight is 316 g/mol. The molecule has 1 aromatic heterocycles. The molecule has 0 spiro atoms. The van der Waals surface area contributed by atoms with Crippen LogP contribution in [0.3, 0.4) is 0 Å². The minimum atomic E-state index is -4.80. The summed E-state index contributed by atoms with van der Waals surface area (Å²) in [5.41, 5.74) is -2.51. The molecule has 1 fully saturated rings. The molecule has 1 atom stereocenters. The molecule has 22 heavy (non-hydrogen) atoms. The van der Waals surface area contributed by atoms with E-state index in [1.807, 2.05) is 0 Å². The third kappa shape index (κ3) is 2.23. The van der Waals surface area contributed by atoms with Gasteiger partial charge in [0.05, 0.1) is 6.54 Å². The first kappa shape index (κ1) is 14.8. The van der Waals surface area contributed by atoms with Crippen molar-refractivity contribution >= 4 is 16.8 Å². The summed E-state index contributed by atoms with van der Waals surface area (Å²) in [5, 5.41) is 9.78. The molecule has 1 aliphatic heterocycles. The van der Waals surface area contributed by atoms with E-state index in [2.05, 4.69) is 4.98 Å². The summed E-state index contributed by atoms with van der Waals surface area (Å²) in [4.78, 5) is 15.8. The molecule has 0 radical (unpaired) electrons. The number of hydrogen-bond acceptors (Lipinski definition) is 2. The first-order valence-corrected chi connectivity index (χ1v) is 6.57. The summed E-state index contributed by atoms with van der Waals surface area (Å²) >= 11 is 0. The topological polar surface area (TPSA) is 56.3 Å². The van der Waals surface area contributed by atoms with Crippen LogP contribution in [0.5, 0.6) is 0 Å². The van der Waals surface area contributed by atoms with E-state index in [-0.39, 0.29) is 17.6 Å². The molecule has 2 N–H and O–H groups in total. The van der Waals surface area contributed by atoms with Crippen LogP contribution < -0.4 is 0 Å². The van der Waals surface area contributed by atoms with Crippen molar-refractivity contribution in [2.24, 2.45) is 0 Å². The number of aromatic amines is 1. The van der Waals surface area contributed by atoms with E-state index in [4.69, 9.17) is 0 Å². The van der Waals surface area contributed by atoms with E-state index in [9.17, 15) is 27.5 Å². The Kier molecular flexibility index (Phi) is 3.17. The molecule has 1 aliphatic rings. The zero-order valence-electron chi connectivity index (χ0n) is 11.2. The fourth-order valence-corrected chi connectivity index (χ4v) is 2.60. The molecule has 118 valence electrons. The summed E-state index contributed by atoms with van der Waals surface area (Å²) in [6.45, 7) is -1.04. The van der Waals surface area contributed by atoms with Crippen LogP contribution in [0.15, 0.2) is 24.3 Å². The van der Waals surface area contributed by atoms with Gasteiger partial charge in [-0.1, -0.05) is 6.07 Å². The normalized spacial score (nSPS) is 22.5. The number of halogens is 4. The Morgan fingerprint density at radius 3 is 2.68 bits per heavy atom. The number of hydrogen-bond donors (Lipinski definition) is 2. The van der Waals surface area contributed by atoms with Crippen molar-refractivity contribution in [2.45, 2.75) is 18.2 Å². The van der Waals surface area contributed by atoms with Gasteiger partial charge in [0, 0.05) is 23.9 Å². The minimum Gasteiger partial charge on any atom is -0.379 e. The smallest absolute Gasteiger partial charge is 0.379 e. The lowest BCUT2D eigenvalue weighted by Crippen LogP contribution is -2.48. The van der Waals surface area contributed by atoms with Gasteiger partial charge in [-0.2, -0.15) is 13.2 Å². The van der Waals surface area contributed by atoms with E-state index in [0.717, 1.165) is 4.90 Å². The highest BCUT2D eigenvalue weighted by atomic mass is 19.4. The average Bonchev–Trinajstić information content (AvgIpc) is 3.03. The van der Waals surface area contributed by atoms with Crippen molar-refractivity contribution in [2.75, 3.05) is 13.1 Å². The second-order valence-electron chi connectivity index (χ2n) is 5.39. The largest absolute Gasteiger partial charge is 0.419 e. The highest BCUT2D eigenvalue weighted by Crippen LogP contribution is 2.38. The van der Waals surface area contributed by atoms with E-state index in [1.165, 1.54) is 18.2 Å². The van der Waals surface area contributed by atoms with Crippen LogP contribution in [0.2, 0.25) is 0 Å². The number of likely N-dealkylation sites (tertiary alicyclic amines) is 1. The highest BCUT2D eigenvalue weighted by molar-refractivity contribution is 5.98. The third-order valence-electron chi connectivity index (χ3n) is 3.90. The fraction of sp³-hybridized carbons (Fsp3) is 0.357. The lowest BCUT2D eigenvalue weighted by molar-refractivity contribution is -0.253. The second kappa shape index (κ2) is 4.70. The number of H-pyrrole nitrogens is 1. The lowest BCUT2D eigenvalue weighted by atomic mass is 10.0. The van der Waals surface area contributed by atoms with E-state index < -0.39 is 36.5 Å².